The van der Waals surface area contributed by atoms with Gasteiger partial charge in [-0.1, -0.05) is 18.2 Å². The number of aromatic nitrogens is 2. The van der Waals surface area contributed by atoms with Crippen LogP contribution in [-0.4, -0.2) is 27.2 Å². The van der Waals surface area contributed by atoms with E-state index in [4.69, 9.17) is 0 Å². The first-order chi connectivity index (χ1) is 11.4. The first kappa shape index (κ1) is 17.8. The van der Waals surface area contributed by atoms with E-state index in [1.54, 1.807) is 24.3 Å². The highest BCUT2D eigenvalue weighted by molar-refractivity contribution is 9.10. The highest BCUT2D eigenvalue weighted by atomic mass is 79.9. The lowest BCUT2D eigenvalue weighted by Gasteiger charge is -2.06. The van der Waals surface area contributed by atoms with Gasteiger partial charge in [0.15, 0.2) is 0 Å². The highest BCUT2D eigenvalue weighted by Gasteiger charge is 2.12. The summed E-state index contributed by atoms with van der Waals surface area (Å²) in [5.74, 6) is -0.382. The van der Waals surface area contributed by atoms with Crippen LogP contribution in [-0.2, 0) is 4.79 Å². The van der Waals surface area contributed by atoms with Crippen molar-refractivity contribution in [2.45, 2.75) is 20.8 Å². The third-order valence-electron chi connectivity index (χ3n) is 3.15. The number of aryl methyl sites for hydroxylation is 2. The SMILES string of the molecule is CC(O)=C(C=Nc1nc(C)c(Br)c(C)n1)C(=O)Nc1ccccc1. The maximum absolute atomic E-state index is 12.3. The van der Waals surface area contributed by atoms with Crippen molar-refractivity contribution in [3.05, 3.63) is 57.5 Å². The second kappa shape index (κ2) is 7.83. The zero-order chi connectivity index (χ0) is 17.7. The van der Waals surface area contributed by atoms with Gasteiger partial charge in [0, 0.05) is 11.9 Å². The second-order valence-electron chi connectivity index (χ2n) is 5.09. The van der Waals surface area contributed by atoms with Crippen LogP contribution < -0.4 is 5.32 Å². The normalized spacial score (nSPS) is 12.2. The number of aliphatic imine (C=N–C) groups is 1. The summed E-state index contributed by atoms with van der Waals surface area (Å²) in [5, 5.41) is 12.5. The van der Waals surface area contributed by atoms with Crippen molar-refractivity contribution in [2.75, 3.05) is 5.32 Å². The monoisotopic (exact) mass is 388 g/mol. The topological polar surface area (TPSA) is 87.5 Å². The van der Waals surface area contributed by atoms with E-state index in [0.29, 0.717) is 5.69 Å². The number of carbonyl (C=O) groups is 1. The Labute approximate surface area is 148 Å². The van der Waals surface area contributed by atoms with Crippen LogP contribution >= 0.6 is 15.9 Å². The van der Waals surface area contributed by atoms with E-state index in [2.05, 4.69) is 36.2 Å². The van der Waals surface area contributed by atoms with Gasteiger partial charge in [0.25, 0.3) is 5.91 Å². The molecule has 0 saturated heterocycles. The molecule has 1 amide bonds. The molecule has 1 heterocycles. The van der Waals surface area contributed by atoms with Crippen molar-refractivity contribution < 1.29 is 9.90 Å². The average Bonchev–Trinajstić information content (AvgIpc) is 2.53. The second-order valence-corrected chi connectivity index (χ2v) is 5.88. The molecule has 0 spiro atoms. The minimum atomic E-state index is -0.462. The number of rotatable bonds is 4. The van der Waals surface area contributed by atoms with Crippen LogP contribution in [0.2, 0.25) is 0 Å². The van der Waals surface area contributed by atoms with E-state index in [1.165, 1.54) is 13.1 Å². The summed E-state index contributed by atoms with van der Waals surface area (Å²) < 4.78 is 0.817. The third-order valence-corrected chi connectivity index (χ3v) is 4.29. The summed E-state index contributed by atoms with van der Waals surface area (Å²) in [6.07, 6.45) is 1.26. The highest BCUT2D eigenvalue weighted by Crippen LogP contribution is 2.20. The fourth-order valence-electron chi connectivity index (χ4n) is 1.90. The number of nitrogens with zero attached hydrogens (tertiary/aromatic N) is 3. The number of hydrogen-bond acceptors (Lipinski definition) is 5. The number of aliphatic hydroxyl groups excluding tert-OH is 1. The first-order valence-electron chi connectivity index (χ1n) is 7.19. The van der Waals surface area contributed by atoms with Crippen molar-refractivity contribution in [3.8, 4) is 0 Å². The quantitative estimate of drug-likeness (QED) is 0.470. The van der Waals surface area contributed by atoms with Crippen molar-refractivity contribution >= 4 is 39.7 Å². The van der Waals surface area contributed by atoms with Crippen LogP contribution in [0, 0.1) is 13.8 Å². The lowest BCUT2D eigenvalue weighted by Crippen LogP contribution is -2.16. The van der Waals surface area contributed by atoms with Crippen LogP contribution in [0.3, 0.4) is 0 Å². The Morgan fingerprint density at radius 2 is 1.79 bits per heavy atom. The maximum atomic E-state index is 12.3. The Morgan fingerprint density at radius 1 is 1.21 bits per heavy atom. The Morgan fingerprint density at radius 3 is 2.33 bits per heavy atom. The van der Waals surface area contributed by atoms with Gasteiger partial charge in [-0.2, -0.15) is 0 Å². The Kier molecular flexibility index (Phi) is 5.81. The molecule has 24 heavy (non-hydrogen) atoms. The number of aliphatic hydroxyl groups is 1. The first-order valence-corrected chi connectivity index (χ1v) is 7.99. The molecule has 0 atom stereocenters. The molecular weight excluding hydrogens is 372 g/mol. The minimum Gasteiger partial charge on any atom is -0.512 e. The lowest BCUT2D eigenvalue weighted by atomic mass is 10.2. The van der Waals surface area contributed by atoms with Crippen molar-refractivity contribution in [3.63, 3.8) is 0 Å². The van der Waals surface area contributed by atoms with E-state index < -0.39 is 5.91 Å². The number of benzene rings is 1. The molecule has 6 nitrogen and oxygen atoms in total. The van der Waals surface area contributed by atoms with Gasteiger partial charge < -0.3 is 10.4 Å². The number of hydrogen-bond donors (Lipinski definition) is 2. The van der Waals surface area contributed by atoms with E-state index in [1.807, 2.05) is 19.9 Å². The molecule has 0 fully saturated rings. The number of halogens is 1. The van der Waals surface area contributed by atoms with Crippen molar-refractivity contribution in [1.82, 2.24) is 9.97 Å². The van der Waals surface area contributed by atoms with Crippen molar-refractivity contribution in [2.24, 2.45) is 4.99 Å². The zero-order valence-corrected chi connectivity index (χ0v) is 15.1. The molecule has 1 aromatic heterocycles. The number of nitrogens with one attached hydrogen (secondary N) is 1. The molecule has 1 aromatic carbocycles. The number of allylic oxidation sites excluding steroid dienone is 1. The summed E-state index contributed by atoms with van der Waals surface area (Å²) in [4.78, 5) is 24.8. The summed E-state index contributed by atoms with van der Waals surface area (Å²) >= 11 is 3.39. The van der Waals surface area contributed by atoms with Crippen LogP contribution in [0.25, 0.3) is 0 Å². The summed E-state index contributed by atoms with van der Waals surface area (Å²) in [7, 11) is 0. The fourth-order valence-corrected chi connectivity index (χ4v) is 2.08. The molecule has 0 saturated carbocycles. The third kappa shape index (κ3) is 4.48. The summed E-state index contributed by atoms with van der Waals surface area (Å²) in [6.45, 7) is 5.08. The molecule has 0 aliphatic heterocycles. The van der Waals surface area contributed by atoms with E-state index in [9.17, 15) is 9.90 Å². The number of anilines is 1. The summed E-state index contributed by atoms with van der Waals surface area (Å²) in [5.41, 5.74) is 2.16. The molecule has 2 rings (SSSR count). The Bertz CT molecular complexity index is 790. The van der Waals surface area contributed by atoms with Gasteiger partial charge in [0.1, 0.15) is 5.76 Å². The van der Waals surface area contributed by atoms with Gasteiger partial charge in [-0.15, -0.1) is 0 Å². The van der Waals surface area contributed by atoms with Gasteiger partial charge in [0.05, 0.1) is 21.4 Å². The van der Waals surface area contributed by atoms with Gasteiger partial charge >= 0.3 is 0 Å². The standard InChI is InChI=1S/C17H17BrN4O2/c1-10-15(18)11(2)21-17(20-10)19-9-14(12(3)23)16(24)22-13-7-5-4-6-8-13/h4-9,23H,1-3H3,(H,22,24). The molecule has 2 N–H and O–H groups in total. The number of carbonyl (C=O) groups excluding carboxylic acids is 1. The van der Waals surface area contributed by atoms with Crippen molar-refractivity contribution in [1.29, 1.82) is 0 Å². The molecule has 0 unspecified atom stereocenters. The molecule has 7 heteroatoms. The minimum absolute atomic E-state index is 0.0423. The molecule has 124 valence electrons. The smallest absolute Gasteiger partial charge is 0.260 e. The molecule has 0 aliphatic carbocycles. The number of amides is 1. The van der Waals surface area contributed by atoms with E-state index in [0.717, 1.165) is 15.9 Å². The predicted octanol–water partition coefficient (Wildman–Crippen LogP) is 4.03. The van der Waals surface area contributed by atoms with E-state index in [-0.39, 0.29) is 17.3 Å². The van der Waals surface area contributed by atoms with Gasteiger partial charge in [-0.25, -0.2) is 15.0 Å². The fraction of sp³-hybridized carbons (Fsp3) is 0.176. The lowest BCUT2D eigenvalue weighted by molar-refractivity contribution is -0.112. The average molecular weight is 389 g/mol. The van der Waals surface area contributed by atoms with Gasteiger partial charge in [-0.05, 0) is 48.8 Å². The molecular formula is C17H17BrN4O2. The largest absolute Gasteiger partial charge is 0.512 e. The van der Waals surface area contributed by atoms with Crippen LogP contribution in [0.5, 0.6) is 0 Å². The van der Waals surface area contributed by atoms with Crippen LogP contribution in [0.1, 0.15) is 18.3 Å². The summed E-state index contributed by atoms with van der Waals surface area (Å²) in [6, 6.07) is 8.97. The van der Waals surface area contributed by atoms with Gasteiger partial charge in [-0.3, -0.25) is 4.79 Å². The molecule has 0 bridgehead atoms. The molecule has 0 radical (unpaired) electrons. The van der Waals surface area contributed by atoms with E-state index >= 15 is 0 Å². The van der Waals surface area contributed by atoms with Gasteiger partial charge in [0.2, 0.25) is 5.95 Å². The maximum Gasteiger partial charge on any atom is 0.260 e. The Hall–Kier alpha value is -2.54. The van der Waals surface area contributed by atoms with Crippen LogP contribution in [0.15, 0.2) is 51.1 Å². The molecule has 2 aromatic rings. The van der Waals surface area contributed by atoms with Crippen LogP contribution in [0.4, 0.5) is 11.6 Å². The zero-order valence-electron chi connectivity index (χ0n) is 13.5. The molecule has 0 aliphatic rings. The number of para-hydroxylation sites is 1. The Balaban J connectivity index is 2.23. The predicted molar refractivity (Wildman–Crippen MR) is 97.8 cm³/mol.